The highest BCUT2D eigenvalue weighted by Crippen LogP contribution is 2.41. The predicted molar refractivity (Wildman–Crippen MR) is 88.3 cm³/mol. The molecule has 0 radical (unpaired) electrons. The monoisotopic (exact) mass is 312 g/mol. The lowest BCUT2D eigenvalue weighted by Crippen LogP contribution is -2.28. The van der Waals surface area contributed by atoms with E-state index in [1.165, 1.54) is 0 Å². The molecule has 1 saturated carbocycles. The predicted octanol–water partition coefficient (Wildman–Crippen LogP) is 4.02. The molecule has 1 N–H and O–H groups in total. The van der Waals surface area contributed by atoms with Crippen molar-refractivity contribution >= 4 is 23.6 Å². The van der Waals surface area contributed by atoms with Gasteiger partial charge in [-0.25, -0.2) is 0 Å². The van der Waals surface area contributed by atoms with Gasteiger partial charge in [-0.05, 0) is 54.2 Å². The maximum absolute atomic E-state index is 12.2. The van der Waals surface area contributed by atoms with E-state index in [2.05, 4.69) is 10.3 Å². The van der Waals surface area contributed by atoms with Gasteiger partial charge in [0.15, 0.2) is 0 Å². The number of pyridine rings is 1. The van der Waals surface area contributed by atoms with E-state index in [0.717, 1.165) is 24.0 Å². The van der Waals surface area contributed by atoms with Crippen LogP contribution in [0.5, 0.6) is 0 Å². The molecule has 3 rings (SSSR count). The summed E-state index contributed by atoms with van der Waals surface area (Å²) >= 11 is 5.93. The molecule has 3 nitrogen and oxygen atoms in total. The van der Waals surface area contributed by atoms with Gasteiger partial charge in [-0.15, -0.1) is 0 Å². The summed E-state index contributed by atoms with van der Waals surface area (Å²) in [5.74, 6) is 0.438. The lowest BCUT2D eigenvalue weighted by Gasteiger charge is -2.18. The minimum absolute atomic E-state index is 0.0586. The van der Waals surface area contributed by atoms with E-state index in [4.69, 9.17) is 11.6 Å². The first-order chi connectivity index (χ1) is 10.7. The van der Waals surface area contributed by atoms with Crippen molar-refractivity contribution in [2.45, 2.75) is 18.9 Å². The summed E-state index contributed by atoms with van der Waals surface area (Å²) in [7, 11) is 0. The number of carbonyl (C=O) groups is 1. The Labute approximate surface area is 135 Å². The van der Waals surface area contributed by atoms with Crippen LogP contribution in [0.25, 0.3) is 6.08 Å². The summed E-state index contributed by atoms with van der Waals surface area (Å²) in [6.45, 7) is 0. The molecule has 0 bridgehead atoms. The van der Waals surface area contributed by atoms with E-state index < -0.39 is 0 Å². The first-order valence-corrected chi connectivity index (χ1v) is 7.74. The van der Waals surface area contributed by atoms with E-state index in [1.54, 1.807) is 24.5 Å². The molecular weight excluding hydrogens is 296 g/mol. The molecule has 1 aliphatic rings. The Bertz CT molecular complexity index is 663. The van der Waals surface area contributed by atoms with Crippen LogP contribution >= 0.6 is 11.6 Å². The van der Waals surface area contributed by atoms with Crippen molar-refractivity contribution in [3.63, 3.8) is 0 Å². The lowest BCUT2D eigenvalue weighted by molar-refractivity contribution is -0.117. The van der Waals surface area contributed by atoms with Crippen molar-refractivity contribution in [3.05, 3.63) is 71.0 Å². The molecular formula is C18H17ClN2O. The summed E-state index contributed by atoms with van der Waals surface area (Å²) in [6, 6.07) is 11.5. The number of hydrogen-bond acceptors (Lipinski definition) is 2. The molecule has 22 heavy (non-hydrogen) atoms. The summed E-state index contributed by atoms with van der Waals surface area (Å²) in [5.41, 5.74) is 2.02. The van der Waals surface area contributed by atoms with Crippen molar-refractivity contribution in [2.24, 2.45) is 5.92 Å². The van der Waals surface area contributed by atoms with Gasteiger partial charge in [0, 0.05) is 23.5 Å². The van der Waals surface area contributed by atoms with Crippen LogP contribution in [0.4, 0.5) is 0 Å². The van der Waals surface area contributed by atoms with E-state index in [1.807, 2.05) is 36.4 Å². The van der Waals surface area contributed by atoms with Crippen molar-refractivity contribution in [1.82, 2.24) is 10.3 Å². The number of halogens is 1. The largest absolute Gasteiger partial charge is 0.345 e. The second-order valence-electron chi connectivity index (χ2n) is 5.49. The summed E-state index contributed by atoms with van der Waals surface area (Å²) in [6.07, 6.45) is 9.07. The molecule has 112 valence electrons. The fourth-order valence-electron chi connectivity index (χ4n) is 2.42. The Hall–Kier alpha value is -2.13. The summed E-state index contributed by atoms with van der Waals surface area (Å²) in [5, 5.41) is 3.81. The van der Waals surface area contributed by atoms with Crippen LogP contribution in [-0.2, 0) is 4.79 Å². The first kappa shape index (κ1) is 14.8. The van der Waals surface area contributed by atoms with E-state index in [0.29, 0.717) is 10.9 Å². The minimum atomic E-state index is -0.0873. The fourth-order valence-corrected chi connectivity index (χ4v) is 2.55. The van der Waals surface area contributed by atoms with Gasteiger partial charge in [0.05, 0.1) is 6.04 Å². The average molecular weight is 313 g/mol. The summed E-state index contributed by atoms with van der Waals surface area (Å²) < 4.78 is 0. The SMILES string of the molecule is O=C(/C=C/c1cccnc1)NC(c1ccc(Cl)cc1)C1CC1. The van der Waals surface area contributed by atoms with E-state index in [9.17, 15) is 4.79 Å². The minimum Gasteiger partial charge on any atom is -0.345 e. The van der Waals surface area contributed by atoms with Gasteiger partial charge in [-0.2, -0.15) is 0 Å². The Morgan fingerprint density at radius 1 is 1.27 bits per heavy atom. The highest BCUT2D eigenvalue weighted by molar-refractivity contribution is 6.30. The molecule has 2 aromatic rings. The third kappa shape index (κ3) is 3.95. The Kier molecular flexibility index (Phi) is 4.54. The average Bonchev–Trinajstić information content (AvgIpc) is 3.37. The molecule has 1 heterocycles. The van der Waals surface area contributed by atoms with Gasteiger partial charge in [0.2, 0.25) is 5.91 Å². The van der Waals surface area contributed by atoms with Gasteiger partial charge < -0.3 is 5.32 Å². The molecule has 0 aliphatic heterocycles. The van der Waals surface area contributed by atoms with Crippen LogP contribution in [0.2, 0.25) is 5.02 Å². The smallest absolute Gasteiger partial charge is 0.244 e. The van der Waals surface area contributed by atoms with Crippen LogP contribution < -0.4 is 5.32 Å². The number of carbonyl (C=O) groups excluding carboxylic acids is 1. The highest BCUT2D eigenvalue weighted by atomic mass is 35.5. The van der Waals surface area contributed by atoms with Crippen LogP contribution in [0.1, 0.15) is 30.0 Å². The molecule has 1 aromatic heterocycles. The third-order valence-corrected chi connectivity index (χ3v) is 3.98. The number of benzene rings is 1. The first-order valence-electron chi connectivity index (χ1n) is 7.36. The molecule has 1 unspecified atom stereocenters. The van der Waals surface area contributed by atoms with Crippen molar-refractivity contribution in [3.8, 4) is 0 Å². The van der Waals surface area contributed by atoms with Crippen LogP contribution in [0, 0.1) is 5.92 Å². The molecule has 4 heteroatoms. The van der Waals surface area contributed by atoms with Gasteiger partial charge in [-0.1, -0.05) is 29.8 Å². The molecule has 1 amide bonds. The molecule has 1 fully saturated rings. The molecule has 0 spiro atoms. The zero-order chi connectivity index (χ0) is 15.4. The van der Waals surface area contributed by atoms with Gasteiger partial charge in [-0.3, -0.25) is 9.78 Å². The van der Waals surface area contributed by atoms with Crippen LogP contribution in [-0.4, -0.2) is 10.9 Å². The number of nitrogens with zero attached hydrogens (tertiary/aromatic N) is 1. The van der Waals surface area contributed by atoms with E-state index in [-0.39, 0.29) is 11.9 Å². The number of rotatable bonds is 5. The maximum Gasteiger partial charge on any atom is 0.244 e. The zero-order valence-corrected chi connectivity index (χ0v) is 12.8. The Balaban J connectivity index is 1.67. The maximum atomic E-state index is 12.2. The summed E-state index contributed by atoms with van der Waals surface area (Å²) in [4.78, 5) is 16.2. The van der Waals surface area contributed by atoms with Crippen LogP contribution in [0.3, 0.4) is 0 Å². The standard InChI is InChI=1S/C18H17ClN2O/c19-16-8-6-15(7-9-16)18(14-4-5-14)21-17(22)10-3-13-2-1-11-20-12-13/h1-3,6-12,14,18H,4-5H2,(H,21,22)/b10-3+. The lowest BCUT2D eigenvalue weighted by atomic mass is 10.0. The zero-order valence-electron chi connectivity index (χ0n) is 12.1. The van der Waals surface area contributed by atoms with Gasteiger partial charge in [0.1, 0.15) is 0 Å². The van der Waals surface area contributed by atoms with E-state index >= 15 is 0 Å². The van der Waals surface area contributed by atoms with Crippen molar-refractivity contribution in [1.29, 1.82) is 0 Å². The van der Waals surface area contributed by atoms with Crippen molar-refractivity contribution < 1.29 is 4.79 Å². The number of nitrogens with one attached hydrogen (secondary N) is 1. The Morgan fingerprint density at radius 3 is 2.68 bits per heavy atom. The molecule has 1 atom stereocenters. The fraction of sp³-hybridized carbons (Fsp3) is 0.222. The number of amides is 1. The second-order valence-corrected chi connectivity index (χ2v) is 5.93. The van der Waals surface area contributed by atoms with Gasteiger partial charge in [0.25, 0.3) is 0 Å². The molecule has 1 aromatic carbocycles. The van der Waals surface area contributed by atoms with Crippen molar-refractivity contribution in [2.75, 3.05) is 0 Å². The second kappa shape index (κ2) is 6.75. The number of aromatic nitrogens is 1. The normalized spacial score (nSPS) is 15.7. The highest BCUT2D eigenvalue weighted by Gasteiger charge is 2.32. The van der Waals surface area contributed by atoms with Gasteiger partial charge >= 0.3 is 0 Å². The molecule has 1 aliphatic carbocycles. The number of hydrogen-bond donors (Lipinski definition) is 1. The van der Waals surface area contributed by atoms with Crippen LogP contribution in [0.15, 0.2) is 54.9 Å². The molecule has 0 saturated heterocycles. The third-order valence-electron chi connectivity index (χ3n) is 3.73. The quantitative estimate of drug-likeness (QED) is 0.847. The Morgan fingerprint density at radius 2 is 2.05 bits per heavy atom. The topological polar surface area (TPSA) is 42.0 Å².